The lowest BCUT2D eigenvalue weighted by atomic mass is 10.2. The van der Waals surface area contributed by atoms with Gasteiger partial charge in [-0.3, -0.25) is 14.6 Å². The molecule has 0 saturated heterocycles. The van der Waals surface area contributed by atoms with Gasteiger partial charge in [-0.15, -0.1) is 0 Å². The fourth-order valence-corrected chi connectivity index (χ4v) is 2.89. The van der Waals surface area contributed by atoms with Gasteiger partial charge in [0.1, 0.15) is 5.69 Å². The molecule has 1 aliphatic rings. The minimum atomic E-state index is -0.439. The van der Waals surface area contributed by atoms with Crippen LogP contribution in [0, 0.1) is 6.92 Å². The number of hydrogen-bond acceptors (Lipinski definition) is 3. The topological polar surface area (TPSA) is 50.3 Å². The first kappa shape index (κ1) is 13.3. The van der Waals surface area contributed by atoms with Gasteiger partial charge in [0.05, 0.1) is 11.3 Å². The van der Waals surface area contributed by atoms with Crippen molar-refractivity contribution in [2.75, 3.05) is 4.90 Å². The van der Waals surface area contributed by atoms with E-state index in [1.165, 1.54) is 6.20 Å². The third-order valence-corrected chi connectivity index (χ3v) is 4.16. The highest BCUT2D eigenvalue weighted by Crippen LogP contribution is 2.36. The first-order valence-corrected chi connectivity index (χ1v) is 6.97. The Morgan fingerprint density at radius 2 is 2.00 bits per heavy atom. The van der Waals surface area contributed by atoms with Crippen molar-refractivity contribution < 1.29 is 9.59 Å². The number of aromatic nitrogens is 1. The van der Waals surface area contributed by atoms with Gasteiger partial charge in [0.2, 0.25) is 0 Å². The Kier molecular flexibility index (Phi) is 3.11. The molecule has 0 spiro atoms. The maximum absolute atomic E-state index is 12.4. The highest BCUT2D eigenvalue weighted by atomic mass is 79.9. The van der Waals surface area contributed by atoms with Gasteiger partial charge in [-0.25, -0.2) is 4.90 Å². The minimum absolute atomic E-state index is 0.168. The Hall–Kier alpha value is -1.72. The second-order valence-corrected chi connectivity index (χ2v) is 5.66. The molecular weight excluding hydrogens is 344 g/mol. The van der Waals surface area contributed by atoms with Crippen molar-refractivity contribution in [2.24, 2.45) is 0 Å². The van der Waals surface area contributed by atoms with Crippen LogP contribution in [-0.4, -0.2) is 16.8 Å². The van der Waals surface area contributed by atoms with Crippen molar-refractivity contribution >= 4 is 45.0 Å². The van der Waals surface area contributed by atoms with Crippen LogP contribution in [0.2, 0.25) is 5.02 Å². The number of carbonyl (C=O) groups excluding carboxylic acids is 2. The molecular formula is C14H8BrClN2O2. The number of aryl methyl sites for hydroxylation is 1. The lowest BCUT2D eigenvalue weighted by Gasteiger charge is -2.16. The minimum Gasteiger partial charge on any atom is -0.268 e. The van der Waals surface area contributed by atoms with E-state index in [9.17, 15) is 9.59 Å². The number of pyridine rings is 1. The Bertz CT molecular complexity index is 726. The molecule has 0 radical (unpaired) electrons. The van der Waals surface area contributed by atoms with Crippen LogP contribution < -0.4 is 4.90 Å². The Morgan fingerprint density at radius 3 is 2.70 bits per heavy atom. The highest BCUT2D eigenvalue weighted by molar-refractivity contribution is 9.10. The number of halogens is 2. The number of carbonyl (C=O) groups is 2. The summed E-state index contributed by atoms with van der Waals surface area (Å²) < 4.78 is 0.633. The van der Waals surface area contributed by atoms with Gasteiger partial charge < -0.3 is 0 Å². The van der Waals surface area contributed by atoms with Gasteiger partial charge in [-0.1, -0.05) is 11.6 Å². The number of imide groups is 1. The summed E-state index contributed by atoms with van der Waals surface area (Å²) in [5.41, 5.74) is 1.76. The lowest BCUT2D eigenvalue weighted by Crippen LogP contribution is -2.29. The van der Waals surface area contributed by atoms with Crippen molar-refractivity contribution in [1.82, 2.24) is 4.98 Å². The van der Waals surface area contributed by atoms with Gasteiger partial charge >= 0.3 is 0 Å². The molecule has 20 heavy (non-hydrogen) atoms. The molecule has 3 rings (SSSR count). The standard InChI is InChI=1S/C14H8BrClN2O2/c1-7-5-9(15)11(6-10(7)16)18-13(19)8-3-2-4-17-12(8)14(18)20/h2-6H,1H3. The molecule has 6 heteroatoms. The van der Waals surface area contributed by atoms with E-state index in [-0.39, 0.29) is 5.69 Å². The fraction of sp³-hybridized carbons (Fsp3) is 0.0714. The first-order valence-electron chi connectivity index (χ1n) is 5.80. The van der Waals surface area contributed by atoms with Crippen molar-refractivity contribution in [1.29, 1.82) is 0 Å². The van der Waals surface area contributed by atoms with E-state index >= 15 is 0 Å². The normalized spacial score (nSPS) is 13.8. The molecule has 0 unspecified atom stereocenters. The zero-order valence-electron chi connectivity index (χ0n) is 10.4. The van der Waals surface area contributed by atoms with Crippen molar-refractivity contribution in [3.63, 3.8) is 0 Å². The molecule has 2 amide bonds. The van der Waals surface area contributed by atoms with Crippen LogP contribution in [0.4, 0.5) is 5.69 Å². The van der Waals surface area contributed by atoms with E-state index in [0.29, 0.717) is 20.7 Å². The lowest BCUT2D eigenvalue weighted by molar-refractivity contribution is 0.0924. The smallest absolute Gasteiger partial charge is 0.268 e. The molecule has 0 saturated carbocycles. The third kappa shape index (κ3) is 1.85. The second-order valence-electron chi connectivity index (χ2n) is 4.40. The van der Waals surface area contributed by atoms with E-state index in [1.54, 1.807) is 24.3 Å². The summed E-state index contributed by atoms with van der Waals surface area (Å²) in [6.45, 7) is 1.85. The predicted octanol–water partition coefficient (Wildman–Crippen LogP) is 3.61. The maximum atomic E-state index is 12.4. The van der Waals surface area contributed by atoms with E-state index in [2.05, 4.69) is 20.9 Å². The van der Waals surface area contributed by atoms with Crippen LogP contribution in [-0.2, 0) is 0 Å². The molecule has 0 N–H and O–H groups in total. The number of anilines is 1. The van der Waals surface area contributed by atoms with E-state index in [4.69, 9.17) is 11.6 Å². The number of hydrogen-bond donors (Lipinski definition) is 0. The van der Waals surface area contributed by atoms with Gasteiger partial charge in [-0.2, -0.15) is 0 Å². The SMILES string of the molecule is Cc1cc(Br)c(N2C(=O)c3cccnc3C2=O)cc1Cl. The molecule has 1 aliphatic heterocycles. The summed E-state index contributed by atoms with van der Waals surface area (Å²) in [4.78, 5) is 29.8. The molecule has 0 aliphatic carbocycles. The van der Waals surface area contributed by atoms with Crippen LogP contribution in [0.15, 0.2) is 34.9 Å². The average molecular weight is 352 g/mol. The van der Waals surface area contributed by atoms with Crippen LogP contribution in [0.1, 0.15) is 26.4 Å². The summed E-state index contributed by atoms with van der Waals surface area (Å²) >= 11 is 9.45. The monoisotopic (exact) mass is 350 g/mol. The Morgan fingerprint density at radius 1 is 1.25 bits per heavy atom. The summed E-state index contributed by atoms with van der Waals surface area (Å²) in [6.07, 6.45) is 1.49. The van der Waals surface area contributed by atoms with Crippen molar-refractivity contribution in [3.05, 3.63) is 56.8 Å². The number of benzene rings is 1. The van der Waals surface area contributed by atoms with Gasteiger partial charge in [-0.05, 0) is 52.7 Å². The Labute approximate surface area is 128 Å². The molecule has 0 bridgehead atoms. The highest BCUT2D eigenvalue weighted by Gasteiger charge is 2.38. The van der Waals surface area contributed by atoms with E-state index < -0.39 is 11.8 Å². The molecule has 2 aromatic rings. The van der Waals surface area contributed by atoms with Crippen molar-refractivity contribution in [2.45, 2.75) is 6.92 Å². The predicted molar refractivity (Wildman–Crippen MR) is 79.3 cm³/mol. The second kappa shape index (κ2) is 4.68. The summed E-state index contributed by atoms with van der Waals surface area (Å²) in [7, 11) is 0. The van der Waals surface area contributed by atoms with E-state index in [1.807, 2.05) is 6.92 Å². The zero-order chi connectivity index (χ0) is 14.4. The van der Waals surface area contributed by atoms with Crippen LogP contribution >= 0.6 is 27.5 Å². The van der Waals surface area contributed by atoms with Crippen LogP contribution in [0.5, 0.6) is 0 Å². The molecule has 1 aromatic carbocycles. The maximum Gasteiger partial charge on any atom is 0.284 e. The number of amides is 2. The van der Waals surface area contributed by atoms with Gasteiger partial charge in [0.25, 0.3) is 11.8 Å². The zero-order valence-corrected chi connectivity index (χ0v) is 12.7. The number of nitrogens with zero attached hydrogens (tertiary/aromatic N) is 2. The first-order chi connectivity index (χ1) is 9.50. The Balaban J connectivity index is 2.17. The summed E-state index contributed by atoms with van der Waals surface area (Å²) in [6, 6.07) is 6.59. The largest absolute Gasteiger partial charge is 0.284 e. The quantitative estimate of drug-likeness (QED) is 0.738. The average Bonchev–Trinajstić information content (AvgIpc) is 2.68. The third-order valence-electron chi connectivity index (χ3n) is 3.12. The van der Waals surface area contributed by atoms with Crippen molar-refractivity contribution in [3.8, 4) is 0 Å². The molecule has 4 nitrogen and oxygen atoms in total. The molecule has 0 fully saturated rings. The molecule has 100 valence electrons. The van der Waals surface area contributed by atoms with Gasteiger partial charge in [0.15, 0.2) is 0 Å². The summed E-state index contributed by atoms with van der Waals surface area (Å²) in [5, 5.41) is 0.493. The van der Waals surface area contributed by atoms with Gasteiger partial charge in [0, 0.05) is 15.7 Å². The molecule has 2 heterocycles. The molecule has 1 aromatic heterocycles. The number of rotatable bonds is 1. The summed E-state index contributed by atoms with van der Waals surface area (Å²) in [5.74, 6) is -0.829. The van der Waals surface area contributed by atoms with E-state index in [0.717, 1.165) is 10.5 Å². The fourth-order valence-electron chi connectivity index (χ4n) is 2.09. The van der Waals surface area contributed by atoms with Crippen LogP contribution in [0.25, 0.3) is 0 Å². The molecule has 0 atom stereocenters. The van der Waals surface area contributed by atoms with Crippen LogP contribution in [0.3, 0.4) is 0 Å². The number of fused-ring (bicyclic) bond motifs is 1.